The van der Waals surface area contributed by atoms with Gasteiger partial charge in [-0.05, 0) is 49.6 Å². The molecule has 0 radical (unpaired) electrons. The second-order valence-corrected chi connectivity index (χ2v) is 5.35. The van der Waals surface area contributed by atoms with Gasteiger partial charge in [0.05, 0.1) is 11.9 Å². The summed E-state index contributed by atoms with van der Waals surface area (Å²) in [6.45, 7) is 2.66. The predicted octanol–water partition coefficient (Wildman–Crippen LogP) is 2.37. The van der Waals surface area contributed by atoms with E-state index in [0.717, 1.165) is 30.5 Å². The van der Waals surface area contributed by atoms with E-state index in [-0.39, 0.29) is 12.2 Å². The smallest absolute Gasteiger partial charge is 0.274 e. The number of carbonyl (C=O) groups is 1. The zero-order valence-electron chi connectivity index (χ0n) is 12.5. The Balaban J connectivity index is 1.58. The highest BCUT2D eigenvalue weighted by atomic mass is 16.8. The van der Waals surface area contributed by atoms with Crippen molar-refractivity contribution in [2.45, 2.75) is 32.5 Å². The summed E-state index contributed by atoms with van der Waals surface area (Å²) in [4.78, 5) is 17.3. The number of carbonyl (C=O) groups excluding carboxylic acids is 1. The van der Waals surface area contributed by atoms with Crippen molar-refractivity contribution in [2.75, 3.05) is 6.61 Å². The van der Waals surface area contributed by atoms with E-state index in [9.17, 15) is 4.79 Å². The van der Waals surface area contributed by atoms with Crippen molar-refractivity contribution in [3.8, 4) is 5.69 Å². The van der Waals surface area contributed by atoms with E-state index in [1.165, 1.54) is 0 Å². The van der Waals surface area contributed by atoms with Gasteiger partial charge in [-0.3, -0.25) is 4.79 Å². The van der Waals surface area contributed by atoms with Crippen LogP contribution in [0.4, 0.5) is 0 Å². The van der Waals surface area contributed by atoms with Crippen molar-refractivity contribution < 1.29 is 14.4 Å². The number of nitrogens with one attached hydrogen (secondary N) is 1. The summed E-state index contributed by atoms with van der Waals surface area (Å²) in [6, 6.07) is 7.18. The lowest BCUT2D eigenvalue weighted by molar-refractivity contribution is -0.186. The van der Waals surface area contributed by atoms with Crippen LogP contribution in [0.1, 0.15) is 35.2 Å². The minimum atomic E-state index is -0.343. The van der Waals surface area contributed by atoms with E-state index < -0.39 is 0 Å². The third kappa shape index (κ3) is 3.52. The largest absolute Gasteiger partial charge is 0.350 e. The fourth-order valence-electron chi connectivity index (χ4n) is 2.30. The fraction of sp³-hybridized carbons (Fsp3) is 0.375. The zero-order chi connectivity index (χ0) is 15.4. The van der Waals surface area contributed by atoms with Gasteiger partial charge in [0.1, 0.15) is 0 Å². The topological polar surface area (TPSA) is 65.4 Å². The maximum Gasteiger partial charge on any atom is 0.274 e. The van der Waals surface area contributed by atoms with Gasteiger partial charge in [-0.2, -0.15) is 5.10 Å². The average Bonchev–Trinajstić information content (AvgIpc) is 3.00. The summed E-state index contributed by atoms with van der Waals surface area (Å²) in [5.41, 5.74) is 4.97. The Hall–Kier alpha value is -2.18. The van der Waals surface area contributed by atoms with Crippen molar-refractivity contribution in [1.29, 1.82) is 0 Å². The molecule has 1 aliphatic heterocycles. The van der Waals surface area contributed by atoms with Crippen molar-refractivity contribution in [1.82, 2.24) is 15.3 Å². The summed E-state index contributed by atoms with van der Waals surface area (Å²) >= 11 is 0. The third-order valence-corrected chi connectivity index (χ3v) is 3.53. The molecule has 116 valence electrons. The minimum absolute atomic E-state index is 0.280. The molecule has 0 bridgehead atoms. The highest BCUT2D eigenvalue weighted by molar-refractivity contribution is 5.93. The Bertz CT molecular complexity index is 630. The number of ether oxygens (including phenoxy) is 1. The molecule has 0 saturated carbocycles. The van der Waals surface area contributed by atoms with Crippen LogP contribution in [0.25, 0.3) is 5.69 Å². The van der Waals surface area contributed by atoms with E-state index in [1.807, 2.05) is 25.3 Å². The van der Waals surface area contributed by atoms with E-state index in [4.69, 9.17) is 9.57 Å². The second kappa shape index (κ2) is 6.72. The maximum absolute atomic E-state index is 12.0. The molecule has 1 fully saturated rings. The molecule has 6 nitrogen and oxygen atoms in total. The van der Waals surface area contributed by atoms with Crippen molar-refractivity contribution in [3.63, 3.8) is 0 Å². The Morgan fingerprint density at radius 3 is 2.82 bits per heavy atom. The van der Waals surface area contributed by atoms with Crippen molar-refractivity contribution in [3.05, 3.63) is 47.8 Å². The maximum atomic E-state index is 12.0. The number of hydrogen-bond donors (Lipinski definition) is 1. The summed E-state index contributed by atoms with van der Waals surface area (Å²) in [5, 5.41) is 4.23. The Labute approximate surface area is 129 Å². The summed E-state index contributed by atoms with van der Waals surface area (Å²) in [6.07, 6.45) is 6.28. The van der Waals surface area contributed by atoms with Gasteiger partial charge in [0, 0.05) is 24.8 Å². The van der Waals surface area contributed by atoms with E-state index in [2.05, 4.69) is 10.6 Å². The van der Waals surface area contributed by atoms with Gasteiger partial charge in [-0.15, -0.1) is 0 Å². The van der Waals surface area contributed by atoms with Crippen LogP contribution in [0.2, 0.25) is 0 Å². The molecule has 6 heteroatoms. The normalized spacial score (nSPS) is 18.1. The molecule has 2 aromatic rings. The van der Waals surface area contributed by atoms with Crippen LogP contribution >= 0.6 is 0 Å². The first kappa shape index (κ1) is 14.7. The number of hydrogen-bond acceptors (Lipinski definition) is 4. The summed E-state index contributed by atoms with van der Waals surface area (Å²) in [5.74, 6) is -0.280. The quantitative estimate of drug-likeness (QED) is 0.881. The molecule has 2 heterocycles. The summed E-state index contributed by atoms with van der Waals surface area (Å²) in [7, 11) is 0. The van der Waals surface area contributed by atoms with Gasteiger partial charge in [0.15, 0.2) is 6.29 Å². The minimum Gasteiger partial charge on any atom is -0.350 e. The van der Waals surface area contributed by atoms with Gasteiger partial charge in [-0.25, -0.2) is 15.0 Å². The van der Waals surface area contributed by atoms with Gasteiger partial charge >= 0.3 is 0 Å². The number of rotatable bonds is 4. The van der Waals surface area contributed by atoms with Gasteiger partial charge in [0.2, 0.25) is 0 Å². The molecular formula is C16H19N3O3. The van der Waals surface area contributed by atoms with Crippen LogP contribution in [-0.4, -0.2) is 28.6 Å². The third-order valence-electron chi connectivity index (χ3n) is 3.53. The second-order valence-electron chi connectivity index (χ2n) is 5.35. The highest BCUT2D eigenvalue weighted by Gasteiger charge is 2.16. The summed E-state index contributed by atoms with van der Waals surface area (Å²) < 4.78 is 7.16. The molecule has 1 saturated heterocycles. The molecular weight excluding hydrogens is 282 g/mol. The molecule has 1 aromatic heterocycles. The lowest BCUT2D eigenvalue weighted by Gasteiger charge is -2.22. The number of nitrogens with zero attached hydrogens (tertiary/aromatic N) is 2. The number of aryl methyl sites for hydroxylation is 1. The van der Waals surface area contributed by atoms with Crippen molar-refractivity contribution >= 4 is 5.91 Å². The van der Waals surface area contributed by atoms with Gasteiger partial charge in [-0.1, -0.05) is 0 Å². The predicted molar refractivity (Wildman–Crippen MR) is 80.4 cm³/mol. The molecule has 1 aromatic carbocycles. The number of benzene rings is 1. The highest BCUT2D eigenvalue weighted by Crippen LogP contribution is 2.13. The number of amides is 1. The van der Waals surface area contributed by atoms with Crippen LogP contribution in [0, 0.1) is 6.92 Å². The average molecular weight is 301 g/mol. The van der Waals surface area contributed by atoms with E-state index in [0.29, 0.717) is 12.2 Å². The van der Waals surface area contributed by atoms with Crippen LogP contribution in [0.3, 0.4) is 0 Å². The first-order valence-electron chi connectivity index (χ1n) is 7.42. The SMILES string of the molecule is Cc1cnn(-c2ccc(C(=O)NO[C@H]3CCCCO3)cc2)c1. The van der Waals surface area contributed by atoms with Gasteiger partial charge < -0.3 is 4.74 Å². The first-order valence-corrected chi connectivity index (χ1v) is 7.42. The molecule has 1 aliphatic rings. The lowest BCUT2D eigenvalue weighted by atomic mass is 10.2. The van der Waals surface area contributed by atoms with E-state index >= 15 is 0 Å². The lowest BCUT2D eigenvalue weighted by Crippen LogP contribution is -2.33. The molecule has 1 amide bonds. The standard InChI is InChI=1S/C16H19N3O3/c1-12-10-17-19(11-12)14-7-5-13(6-8-14)16(20)18-22-15-4-2-3-9-21-15/h5-8,10-11,15H,2-4,9H2,1H3,(H,18,20)/t15-/m0/s1. The van der Waals surface area contributed by atoms with Crippen LogP contribution in [-0.2, 0) is 9.57 Å². The molecule has 3 rings (SSSR count). The first-order chi connectivity index (χ1) is 10.7. The Morgan fingerprint density at radius 2 is 2.18 bits per heavy atom. The Kier molecular flexibility index (Phi) is 4.50. The molecule has 0 unspecified atom stereocenters. The van der Waals surface area contributed by atoms with E-state index in [1.54, 1.807) is 23.0 Å². The van der Waals surface area contributed by atoms with Gasteiger partial charge in [0.25, 0.3) is 5.91 Å². The molecule has 0 spiro atoms. The van der Waals surface area contributed by atoms with Crippen LogP contribution < -0.4 is 5.48 Å². The number of aromatic nitrogens is 2. The fourth-order valence-corrected chi connectivity index (χ4v) is 2.30. The zero-order valence-corrected chi connectivity index (χ0v) is 12.5. The molecule has 22 heavy (non-hydrogen) atoms. The van der Waals surface area contributed by atoms with Crippen LogP contribution in [0.15, 0.2) is 36.7 Å². The monoisotopic (exact) mass is 301 g/mol. The van der Waals surface area contributed by atoms with Crippen molar-refractivity contribution in [2.24, 2.45) is 0 Å². The molecule has 1 N–H and O–H groups in total. The Morgan fingerprint density at radius 1 is 1.36 bits per heavy atom. The number of hydroxylamine groups is 1. The molecule has 0 aliphatic carbocycles. The molecule has 1 atom stereocenters. The van der Waals surface area contributed by atoms with Crippen LogP contribution in [0.5, 0.6) is 0 Å².